The lowest BCUT2D eigenvalue weighted by atomic mass is 10.0. The predicted molar refractivity (Wildman–Crippen MR) is 122 cm³/mol. The fourth-order valence-corrected chi connectivity index (χ4v) is 4.22. The van der Waals surface area contributed by atoms with Gasteiger partial charge in [-0.25, -0.2) is 0 Å². The van der Waals surface area contributed by atoms with E-state index in [0.29, 0.717) is 29.9 Å². The molecule has 0 saturated carbocycles. The highest BCUT2D eigenvalue weighted by atomic mass is 16.3. The standard InChI is InChI=1S/C25H27N3O4/c1-15(2)11-18(14-29)27-23(30)16-7-8-20-21(12-16)25(32)28(24(20)31)10-9-17-13-26-22-6-4-3-5-19(17)22/h3-8,12-13,15,18,26,29H,9-11,14H2,1-2H3,(H,27,30)/t18-/m1/s1. The van der Waals surface area contributed by atoms with Gasteiger partial charge in [0, 0.05) is 29.2 Å². The van der Waals surface area contributed by atoms with Crippen molar-refractivity contribution in [2.24, 2.45) is 5.92 Å². The molecule has 4 rings (SSSR count). The van der Waals surface area contributed by atoms with Crippen LogP contribution in [0.5, 0.6) is 0 Å². The number of hydrogen-bond acceptors (Lipinski definition) is 4. The summed E-state index contributed by atoms with van der Waals surface area (Å²) in [4.78, 5) is 42.9. The van der Waals surface area contributed by atoms with Crippen LogP contribution in [-0.4, -0.2) is 51.9 Å². The van der Waals surface area contributed by atoms with E-state index in [0.717, 1.165) is 16.5 Å². The molecule has 7 nitrogen and oxygen atoms in total. The zero-order valence-corrected chi connectivity index (χ0v) is 18.2. The van der Waals surface area contributed by atoms with Crippen LogP contribution in [-0.2, 0) is 6.42 Å². The molecule has 166 valence electrons. The van der Waals surface area contributed by atoms with Crippen LogP contribution in [0.4, 0.5) is 0 Å². The zero-order chi connectivity index (χ0) is 22.8. The number of amides is 3. The van der Waals surface area contributed by atoms with Crippen LogP contribution in [0.3, 0.4) is 0 Å². The molecule has 1 aromatic heterocycles. The van der Waals surface area contributed by atoms with Crippen LogP contribution in [0.15, 0.2) is 48.7 Å². The summed E-state index contributed by atoms with van der Waals surface area (Å²) < 4.78 is 0. The van der Waals surface area contributed by atoms with Gasteiger partial charge in [0.1, 0.15) is 0 Å². The lowest BCUT2D eigenvalue weighted by Crippen LogP contribution is -2.38. The molecule has 3 aromatic rings. The molecule has 7 heteroatoms. The molecule has 2 aromatic carbocycles. The SMILES string of the molecule is CC(C)C[C@H](CO)NC(=O)c1ccc2c(c1)C(=O)N(CCc1c[nH]c3ccccc13)C2=O. The van der Waals surface area contributed by atoms with Crippen molar-refractivity contribution in [1.29, 1.82) is 0 Å². The summed E-state index contributed by atoms with van der Waals surface area (Å²) in [5.41, 5.74) is 2.90. The highest BCUT2D eigenvalue weighted by Crippen LogP contribution is 2.25. The van der Waals surface area contributed by atoms with E-state index in [1.54, 1.807) is 6.07 Å². The van der Waals surface area contributed by atoms with Gasteiger partial charge in [-0.3, -0.25) is 19.3 Å². The minimum absolute atomic E-state index is 0.159. The number of aliphatic hydroxyl groups excluding tert-OH is 1. The summed E-state index contributed by atoms with van der Waals surface area (Å²) in [5, 5.41) is 13.4. The van der Waals surface area contributed by atoms with E-state index in [1.807, 2.05) is 44.3 Å². The number of para-hydroxylation sites is 1. The number of hydrogen-bond donors (Lipinski definition) is 3. The summed E-state index contributed by atoms with van der Waals surface area (Å²) in [7, 11) is 0. The van der Waals surface area contributed by atoms with Crippen molar-refractivity contribution in [2.75, 3.05) is 13.2 Å². The van der Waals surface area contributed by atoms with Crippen molar-refractivity contribution in [3.63, 3.8) is 0 Å². The summed E-state index contributed by atoms with van der Waals surface area (Å²) in [6.45, 7) is 4.13. The first-order valence-corrected chi connectivity index (χ1v) is 10.9. The number of H-pyrrole nitrogens is 1. The number of fused-ring (bicyclic) bond motifs is 2. The second kappa shape index (κ2) is 8.96. The summed E-state index contributed by atoms with van der Waals surface area (Å²) in [6.07, 6.45) is 3.09. The average Bonchev–Trinajstić information content (AvgIpc) is 3.30. The number of aromatic amines is 1. The maximum absolute atomic E-state index is 13.0. The number of nitrogens with zero attached hydrogens (tertiary/aromatic N) is 1. The second-order valence-corrected chi connectivity index (χ2v) is 8.61. The van der Waals surface area contributed by atoms with Gasteiger partial charge in [-0.2, -0.15) is 0 Å². The van der Waals surface area contributed by atoms with Gasteiger partial charge < -0.3 is 15.4 Å². The van der Waals surface area contributed by atoms with E-state index < -0.39 is 0 Å². The van der Waals surface area contributed by atoms with Crippen molar-refractivity contribution in [2.45, 2.75) is 32.7 Å². The largest absolute Gasteiger partial charge is 0.394 e. The Bertz CT molecular complexity index is 1180. The Morgan fingerprint density at radius 2 is 1.84 bits per heavy atom. The minimum Gasteiger partial charge on any atom is -0.394 e. The summed E-state index contributed by atoms with van der Waals surface area (Å²) in [5.74, 6) is -0.785. The van der Waals surface area contributed by atoms with Crippen LogP contribution in [0.25, 0.3) is 10.9 Å². The minimum atomic E-state index is -0.389. The van der Waals surface area contributed by atoms with Crippen molar-refractivity contribution in [3.05, 3.63) is 70.9 Å². The maximum atomic E-state index is 13.0. The van der Waals surface area contributed by atoms with Crippen molar-refractivity contribution in [3.8, 4) is 0 Å². The smallest absolute Gasteiger partial charge is 0.261 e. The Balaban J connectivity index is 1.48. The first kappa shape index (κ1) is 21.8. The number of aromatic nitrogens is 1. The van der Waals surface area contributed by atoms with Crippen LogP contribution >= 0.6 is 0 Å². The molecule has 0 radical (unpaired) electrons. The predicted octanol–water partition coefficient (Wildman–Crippen LogP) is 3.14. The van der Waals surface area contributed by atoms with E-state index >= 15 is 0 Å². The van der Waals surface area contributed by atoms with Gasteiger partial charge >= 0.3 is 0 Å². The molecule has 1 aliphatic rings. The number of carbonyl (C=O) groups is 3. The molecular weight excluding hydrogens is 406 g/mol. The van der Waals surface area contributed by atoms with E-state index in [-0.39, 0.29) is 42.5 Å². The Kier molecular flexibility index (Phi) is 6.10. The fraction of sp³-hybridized carbons (Fsp3) is 0.320. The molecule has 3 amide bonds. The number of aliphatic hydroxyl groups is 1. The Hall–Kier alpha value is -3.45. The third kappa shape index (κ3) is 4.16. The van der Waals surface area contributed by atoms with Crippen LogP contribution in [0.1, 0.15) is 56.9 Å². The average molecular weight is 434 g/mol. The van der Waals surface area contributed by atoms with Gasteiger partial charge in [0.15, 0.2) is 0 Å². The summed E-state index contributed by atoms with van der Waals surface area (Å²) in [6, 6.07) is 12.1. The van der Waals surface area contributed by atoms with Crippen molar-refractivity contribution < 1.29 is 19.5 Å². The Morgan fingerprint density at radius 3 is 2.59 bits per heavy atom. The number of benzene rings is 2. The van der Waals surface area contributed by atoms with Gasteiger partial charge in [-0.05, 0) is 48.6 Å². The fourth-order valence-electron chi connectivity index (χ4n) is 4.22. The van der Waals surface area contributed by atoms with Gasteiger partial charge in [0.05, 0.1) is 23.8 Å². The molecule has 0 bridgehead atoms. The lowest BCUT2D eigenvalue weighted by molar-refractivity contribution is 0.0656. The number of carbonyl (C=O) groups excluding carboxylic acids is 3. The third-order valence-corrected chi connectivity index (χ3v) is 5.82. The molecule has 1 atom stereocenters. The molecule has 0 spiro atoms. The van der Waals surface area contributed by atoms with Crippen LogP contribution < -0.4 is 5.32 Å². The van der Waals surface area contributed by atoms with E-state index in [2.05, 4.69) is 10.3 Å². The Labute approximate surface area is 186 Å². The van der Waals surface area contributed by atoms with Gasteiger partial charge in [0.25, 0.3) is 17.7 Å². The van der Waals surface area contributed by atoms with Gasteiger partial charge in [0.2, 0.25) is 0 Å². The van der Waals surface area contributed by atoms with Gasteiger partial charge in [-0.1, -0.05) is 32.0 Å². The second-order valence-electron chi connectivity index (χ2n) is 8.61. The lowest BCUT2D eigenvalue weighted by Gasteiger charge is -2.18. The molecular formula is C25H27N3O4. The zero-order valence-electron chi connectivity index (χ0n) is 18.2. The van der Waals surface area contributed by atoms with Crippen molar-refractivity contribution in [1.82, 2.24) is 15.2 Å². The van der Waals surface area contributed by atoms with Crippen LogP contribution in [0.2, 0.25) is 0 Å². The van der Waals surface area contributed by atoms with Crippen molar-refractivity contribution >= 4 is 28.6 Å². The molecule has 0 saturated heterocycles. The normalized spacial score (nSPS) is 14.3. The molecule has 2 heterocycles. The monoisotopic (exact) mass is 433 g/mol. The molecule has 32 heavy (non-hydrogen) atoms. The quantitative estimate of drug-likeness (QED) is 0.475. The van der Waals surface area contributed by atoms with E-state index in [9.17, 15) is 19.5 Å². The highest BCUT2D eigenvalue weighted by molar-refractivity contribution is 6.22. The number of rotatable bonds is 8. The van der Waals surface area contributed by atoms with E-state index in [4.69, 9.17) is 0 Å². The van der Waals surface area contributed by atoms with Gasteiger partial charge in [-0.15, -0.1) is 0 Å². The maximum Gasteiger partial charge on any atom is 0.261 e. The highest BCUT2D eigenvalue weighted by Gasteiger charge is 2.35. The first-order chi connectivity index (χ1) is 15.4. The topological polar surface area (TPSA) is 102 Å². The Morgan fingerprint density at radius 1 is 1.09 bits per heavy atom. The number of imide groups is 1. The molecule has 0 aliphatic carbocycles. The molecule has 0 unspecified atom stereocenters. The first-order valence-electron chi connectivity index (χ1n) is 10.9. The van der Waals surface area contributed by atoms with E-state index in [1.165, 1.54) is 17.0 Å². The number of nitrogens with one attached hydrogen (secondary N) is 2. The molecule has 3 N–H and O–H groups in total. The third-order valence-electron chi connectivity index (χ3n) is 5.82. The summed E-state index contributed by atoms with van der Waals surface area (Å²) >= 11 is 0. The molecule has 1 aliphatic heterocycles. The van der Waals surface area contributed by atoms with Crippen LogP contribution in [0, 0.1) is 5.92 Å². The molecule has 0 fully saturated rings.